The first-order valence-corrected chi connectivity index (χ1v) is 9.02. The molecule has 1 unspecified atom stereocenters. The fraction of sp³-hybridized carbons (Fsp3) is 0.333. The minimum Gasteiger partial charge on any atom is -0.340 e. The fourth-order valence-corrected chi connectivity index (χ4v) is 3.20. The number of rotatable bonds is 5. The summed E-state index contributed by atoms with van der Waals surface area (Å²) in [7, 11) is 0. The maximum absolute atomic E-state index is 12.8. The molecule has 0 bridgehead atoms. The monoisotopic (exact) mass is 372 g/mol. The standard InChI is InChI=1S/C21H25ClN2O2/c1-12(2)18(23-20(25)16-8-6-7-9-17(16)22)21(26)24-19-14(4)10-13(3)11-15(19)5/h6-12,18H,1-5H3,(H,23,25)(H,24,26). The molecule has 2 amide bonds. The number of halogens is 1. The smallest absolute Gasteiger partial charge is 0.253 e. The molecule has 4 nitrogen and oxygen atoms in total. The van der Waals surface area contributed by atoms with Crippen LogP contribution in [0.5, 0.6) is 0 Å². The molecule has 138 valence electrons. The molecular weight excluding hydrogens is 348 g/mol. The van der Waals surface area contributed by atoms with Crippen molar-refractivity contribution in [1.82, 2.24) is 5.32 Å². The lowest BCUT2D eigenvalue weighted by molar-refractivity contribution is -0.118. The number of hydrogen-bond acceptors (Lipinski definition) is 2. The summed E-state index contributed by atoms with van der Waals surface area (Å²) < 4.78 is 0. The third kappa shape index (κ3) is 4.64. The Bertz CT molecular complexity index is 808. The van der Waals surface area contributed by atoms with E-state index in [0.29, 0.717) is 10.6 Å². The molecule has 0 aromatic heterocycles. The van der Waals surface area contributed by atoms with Gasteiger partial charge in [-0.3, -0.25) is 9.59 Å². The predicted molar refractivity (Wildman–Crippen MR) is 107 cm³/mol. The highest BCUT2D eigenvalue weighted by atomic mass is 35.5. The molecule has 0 aliphatic carbocycles. The third-order valence-corrected chi connectivity index (χ3v) is 4.61. The normalized spacial score (nSPS) is 12.0. The van der Waals surface area contributed by atoms with Gasteiger partial charge in [0.25, 0.3) is 5.91 Å². The van der Waals surface area contributed by atoms with Crippen LogP contribution in [0.4, 0.5) is 5.69 Å². The van der Waals surface area contributed by atoms with Crippen molar-refractivity contribution in [2.24, 2.45) is 5.92 Å². The number of carbonyl (C=O) groups excluding carboxylic acids is 2. The van der Waals surface area contributed by atoms with E-state index in [2.05, 4.69) is 10.6 Å². The number of anilines is 1. The highest BCUT2D eigenvalue weighted by Gasteiger charge is 2.26. The van der Waals surface area contributed by atoms with Gasteiger partial charge in [-0.25, -0.2) is 0 Å². The number of amides is 2. The van der Waals surface area contributed by atoms with Gasteiger partial charge in [-0.1, -0.05) is 55.3 Å². The molecule has 0 fully saturated rings. The first-order valence-electron chi connectivity index (χ1n) is 8.64. The zero-order chi connectivity index (χ0) is 19.4. The summed E-state index contributed by atoms with van der Waals surface area (Å²) in [6.07, 6.45) is 0. The van der Waals surface area contributed by atoms with E-state index in [1.165, 1.54) is 0 Å². The van der Waals surface area contributed by atoms with Gasteiger partial charge in [0.2, 0.25) is 5.91 Å². The molecule has 5 heteroatoms. The van der Waals surface area contributed by atoms with Gasteiger partial charge in [0.05, 0.1) is 10.6 Å². The zero-order valence-corrected chi connectivity index (χ0v) is 16.6. The summed E-state index contributed by atoms with van der Waals surface area (Å²) in [5.74, 6) is -0.676. The van der Waals surface area contributed by atoms with Crippen molar-refractivity contribution in [3.8, 4) is 0 Å². The van der Waals surface area contributed by atoms with Crippen LogP contribution in [-0.4, -0.2) is 17.9 Å². The van der Waals surface area contributed by atoms with E-state index in [4.69, 9.17) is 11.6 Å². The van der Waals surface area contributed by atoms with Crippen molar-refractivity contribution in [2.75, 3.05) is 5.32 Å². The molecule has 2 N–H and O–H groups in total. The zero-order valence-electron chi connectivity index (χ0n) is 15.8. The molecule has 2 rings (SSSR count). The molecule has 26 heavy (non-hydrogen) atoms. The lowest BCUT2D eigenvalue weighted by Crippen LogP contribution is -2.47. The Morgan fingerprint density at radius 1 is 1.00 bits per heavy atom. The quantitative estimate of drug-likeness (QED) is 0.802. The van der Waals surface area contributed by atoms with Crippen molar-refractivity contribution in [1.29, 1.82) is 0 Å². The molecular formula is C21H25ClN2O2. The van der Waals surface area contributed by atoms with Crippen LogP contribution in [0.1, 0.15) is 40.9 Å². The van der Waals surface area contributed by atoms with Gasteiger partial charge in [-0.2, -0.15) is 0 Å². The Hall–Kier alpha value is -2.33. The van der Waals surface area contributed by atoms with Gasteiger partial charge >= 0.3 is 0 Å². The highest BCUT2D eigenvalue weighted by molar-refractivity contribution is 6.33. The van der Waals surface area contributed by atoms with Crippen molar-refractivity contribution in [3.63, 3.8) is 0 Å². The highest BCUT2D eigenvalue weighted by Crippen LogP contribution is 2.23. The van der Waals surface area contributed by atoms with E-state index >= 15 is 0 Å². The minimum absolute atomic E-state index is 0.0764. The van der Waals surface area contributed by atoms with Crippen molar-refractivity contribution in [2.45, 2.75) is 40.7 Å². The average Bonchev–Trinajstić information content (AvgIpc) is 2.55. The van der Waals surface area contributed by atoms with Crippen molar-refractivity contribution >= 4 is 29.1 Å². The van der Waals surface area contributed by atoms with Crippen LogP contribution in [0, 0.1) is 26.7 Å². The van der Waals surface area contributed by atoms with Gasteiger partial charge in [-0.05, 0) is 49.9 Å². The summed E-state index contributed by atoms with van der Waals surface area (Å²) in [6, 6.07) is 10.2. The van der Waals surface area contributed by atoms with Crippen LogP contribution < -0.4 is 10.6 Å². The molecule has 1 atom stereocenters. The van der Waals surface area contributed by atoms with E-state index < -0.39 is 6.04 Å². The maximum Gasteiger partial charge on any atom is 0.253 e. The van der Waals surface area contributed by atoms with Crippen LogP contribution in [-0.2, 0) is 4.79 Å². The molecule has 2 aromatic carbocycles. The lowest BCUT2D eigenvalue weighted by Gasteiger charge is -2.23. The molecule has 2 aromatic rings. The molecule has 0 aliphatic rings. The van der Waals surface area contributed by atoms with Crippen molar-refractivity contribution in [3.05, 3.63) is 63.7 Å². The largest absolute Gasteiger partial charge is 0.340 e. The first-order chi connectivity index (χ1) is 12.2. The van der Waals surface area contributed by atoms with E-state index in [9.17, 15) is 9.59 Å². The van der Waals surface area contributed by atoms with Crippen molar-refractivity contribution < 1.29 is 9.59 Å². The summed E-state index contributed by atoms with van der Waals surface area (Å²) >= 11 is 6.09. The molecule has 0 aliphatic heterocycles. The summed E-state index contributed by atoms with van der Waals surface area (Å²) in [6.45, 7) is 9.73. The Morgan fingerprint density at radius 2 is 1.58 bits per heavy atom. The van der Waals surface area contributed by atoms with E-state index in [-0.39, 0.29) is 17.7 Å². The van der Waals surface area contributed by atoms with Crippen LogP contribution >= 0.6 is 11.6 Å². The Morgan fingerprint density at radius 3 is 2.12 bits per heavy atom. The van der Waals surface area contributed by atoms with E-state index in [1.54, 1.807) is 24.3 Å². The Labute approximate surface area is 159 Å². The summed E-state index contributed by atoms with van der Waals surface area (Å²) in [4.78, 5) is 25.4. The topological polar surface area (TPSA) is 58.2 Å². The average molecular weight is 373 g/mol. The number of aryl methyl sites for hydroxylation is 3. The van der Waals surface area contributed by atoms with Gasteiger partial charge in [-0.15, -0.1) is 0 Å². The van der Waals surface area contributed by atoms with Crippen LogP contribution in [0.3, 0.4) is 0 Å². The number of benzene rings is 2. The minimum atomic E-state index is -0.668. The van der Waals surface area contributed by atoms with E-state index in [1.807, 2.05) is 46.8 Å². The van der Waals surface area contributed by atoms with Gasteiger partial charge in [0.1, 0.15) is 6.04 Å². The van der Waals surface area contributed by atoms with Crippen LogP contribution in [0.15, 0.2) is 36.4 Å². The second kappa shape index (κ2) is 8.37. The molecule has 0 radical (unpaired) electrons. The third-order valence-electron chi connectivity index (χ3n) is 4.28. The number of hydrogen-bond donors (Lipinski definition) is 2. The van der Waals surface area contributed by atoms with E-state index in [0.717, 1.165) is 22.4 Å². The molecule has 0 heterocycles. The van der Waals surface area contributed by atoms with Gasteiger partial charge in [0.15, 0.2) is 0 Å². The summed E-state index contributed by atoms with van der Waals surface area (Å²) in [5.41, 5.74) is 4.28. The Balaban J connectivity index is 2.21. The second-order valence-corrected chi connectivity index (χ2v) is 7.35. The van der Waals surface area contributed by atoms with Gasteiger partial charge < -0.3 is 10.6 Å². The fourth-order valence-electron chi connectivity index (χ4n) is 2.98. The molecule has 0 spiro atoms. The van der Waals surface area contributed by atoms with Gasteiger partial charge in [0, 0.05) is 5.69 Å². The predicted octanol–water partition coefficient (Wildman–Crippen LogP) is 4.66. The SMILES string of the molecule is Cc1cc(C)c(NC(=O)C(NC(=O)c2ccccc2Cl)C(C)C)c(C)c1. The molecule has 0 saturated carbocycles. The Kier molecular flexibility index (Phi) is 6.43. The summed E-state index contributed by atoms with van der Waals surface area (Å²) in [5, 5.41) is 6.14. The molecule has 0 saturated heterocycles. The maximum atomic E-state index is 12.8. The number of nitrogens with one attached hydrogen (secondary N) is 2. The lowest BCUT2D eigenvalue weighted by atomic mass is 10.0. The second-order valence-electron chi connectivity index (χ2n) is 6.94. The first kappa shape index (κ1) is 20.0. The number of carbonyl (C=O) groups is 2. The van der Waals surface area contributed by atoms with Crippen LogP contribution in [0.25, 0.3) is 0 Å². The van der Waals surface area contributed by atoms with Crippen LogP contribution in [0.2, 0.25) is 5.02 Å².